The Morgan fingerprint density at radius 1 is 0.536 bits per heavy atom. The maximum absolute atomic E-state index is 13.4. The van der Waals surface area contributed by atoms with Gasteiger partial charge >= 0.3 is 0 Å². The van der Waals surface area contributed by atoms with Gasteiger partial charge < -0.3 is 19.3 Å². The van der Waals surface area contributed by atoms with E-state index in [0.29, 0.717) is 48.1 Å². The van der Waals surface area contributed by atoms with Crippen LogP contribution in [0.25, 0.3) is 11.4 Å². The lowest BCUT2D eigenvalue weighted by Gasteiger charge is -2.34. The zero-order chi connectivity index (χ0) is 39.0. The van der Waals surface area contributed by atoms with Gasteiger partial charge in [0.05, 0.1) is 11.5 Å². The molecule has 0 bridgehead atoms. The third kappa shape index (κ3) is 9.25. The SMILES string of the molecule is Cc1ccc(OCc2nnc(SCC(=O)N3CCN(C(=O)CSc4nnc(COc5ccc(C)c(C)c5)n4-c4ccccc4)CC3)n2-c2ccccc2)cc1C. The Balaban J connectivity index is 0.931. The Hall–Kier alpha value is -5.60. The lowest BCUT2D eigenvalue weighted by molar-refractivity contribution is -0.136. The molecule has 2 aromatic heterocycles. The first-order valence-electron chi connectivity index (χ1n) is 18.4. The quantitative estimate of drug-likeness (QED) is 0.109. The first kappa shape index (κ1) is 38.7. The Morgan fingerprint density at radius 2 is 0.929 bits per heavy atom. The third-order valence-corrected chi connectivity index (χ3v) is 11.6. The number of amides is 2. The Bertz CT molecular complexity index is 2130. The van der Waals surface area contributed by atoms with Crippen LogP contribution >= 0.6 is 23.5 Å². The summed E-state index contributed by atoms with van der Waals surface area (Å²) in [5.41, 5.74) is 6.48. The molecule has 0 N–H and O–H groups in total. The maximum atomic E-state index is 13.4. The van der Waals surface area contributed by atoms with E-state index in [2.05, 4.69) is 48.1 Å². The Morgan fingerprint density at radius 3 is 1.30 bits per heavy atom. The van der Waals surface area contributed by atoms with E-state index in [9.17, 15) is 9.59 Å². The summed E-state index contributed by atoms with van der Waals surface area (Å²) in [6, 6.07) is 31.7. The van der Waals surface area contributed by atoms with Crippen LogP contribution < -0.4 is 9.47 Å². The van der Waals surface area contributed by atoms with E-state index in [1.807, 2.05) is 116 Å². The topological polar surface area (TPSA) is 121 Å². The van der Waals surface area contributed by atoms with Crippen LogP contribution in [0.2, 0.25) is 0 Å². The molecule has 0 radical (unpaired) electrons. The van der Waals surface area contributed by atoms with Crippen molar-refractivity contribution in [1.29, 1.82) is 0 Å². The van der Waals surface area contributed by atoms with Gasteiger partial charge in [-0.05, 0) is 98.5 Å². The number of ether oxygens (including phenoxy) is 2. The number of hydrogen-bond donors (Lipinski definition) is 0. The van der Waals surface area contributed by atoms with E-state index in [1.165, 1.54) is 34.7 Å². The van der Waals surface area contributed by atoms with Gasteiger partial charge in [0.1, 0.15) is 24.7 Å². The first-order valence-corrected chi connectivity index (χ1v) is 20.4. The predicted octanol–water partition coefficient (Wildman–Crippen LogP) is 6.79. The van der Waals surface area contributed by atoms with Crippen molar-refractivity contribution in [2.75, 3.05) is 37.7 Å². The number of thioether (sulfide) groups is 2. The number of aromatic nitrogens is 6. The van der Waals surface area contributed by atoms with E-state index >= 15 is 0 Å². The molecule has 3 heterocycles. The molecule has 14 heteroatoms. The highest BCUT2D eigenvalue weighted by Gasteiger charge is 2.26. The smallest absolute Gasteiger partial charge is 0.233 e. The van der Waals surface area contributed by atoms with Crippen molar-refractivity contribution in [2.45, 2.75) is 51.2 Å². The molecule has 1 fully saturated rings. The molecule has 0 spiro atoms. The van der Waals surface area contributed by atoms with Crippen LogP contribution in [-0.4, -0.2) is 88.8 Å². The minimum atomic E-state index is -0.0153. The van der Waals surface area contributed by atoms with Gasteiger partial charge in [0.2, 0.25) is 11.8 Å². The fourth-order valence-corrected chi connectivity index (χ4v) is 7.94. The van der Waals surface area contributed by atoms with Gasteiger partial charge in [-0.25, -0.2) is 0 Å². The van der Waals surface area contributed by atoms with Crippen molar-refractivity contribution in [1.82, 2.24) is 39.3 Å². The molecule has 12 nitrogen and oxygen atoms in total. The van der Waals surface area contributed by atoms with E-state index in [4.69, 9.17) is 9.47 Å². The van der Waals surface area contributed by atoms with Gasteiger partial charge in [-0.15, -0.1) is 20.4 Å². The molecule has 6 aromatic rings. The van der Waals surface area contributed by atoms with Crippen molar-refractivity contribution in [3.63, 3.8) is 0 Å². The molecular formula is C42H44N8O4S2. The van der Waals surface area contributed by atoms with Gasteiger partial charge in [-0.2, -0.15) is 0 Å². The molecule has 1 aliphatic rings. The second-order valence-corrected chi connectivity index (χ2v) is 15.4. The van der Waals surface area contributed by atoms with Crippen LogP contribution in [0.4, 0.5) is 0 Å². The maximum Gasteiger partial charge on any atom is 0.233 e. The zero-order valence-corrected chi connectivity index (χ0v) is 33.6. The zero-order valence-electron chi connectivity index (χ0n) is 31.9. The normalized spacial score (nSPS) is 12.9. The van der Waals surface area contributed by atoms with E-state index in [0.717, 1.165) is 34.0 Å². The third-order valence-electron chi connectivity index (χ3n) is 9.76. The number of carbonyl (C=O) groups excluding carboxylic acids is 2. The summed E-state index contributed by atoms with van der Waals surface area (Å²) in [5.74, 6) is 3.15. The van der Waals surface area contributed by atoms with Crippen LogP contribution in [0, 0.1) is 27.7 Å². The minimum Gasteiger partial charge on any atom is -0.486 e. The lowest BCUT2D eigenvalue weighted by Crippen LogP contribution is -2.51. The molecule has 0 unspecified atom stereocenters. The van der Waals surface area contributed by atoms with Gasteiger partial charge in [-0.3, -0.25) is 18.7 Å². The summed E-state index contributed by atoms with van der Waals surface area (Å²) < 4.78 is 16.1. The van der Waals surface area contributed by atoms with Crippen molar-refractivity contribution >= 4 is 35.3 Å². The second kappa shape index (κ2) is 17.9. The fraction of sp³-hybridized carbons (Fsp3) is 0.286. The lowest BCUT2D eigenvalue weighted by atomic mass is 10.1. The van der Waals surface area contributed by atoms with Gasteiger partial charge in [-0.1, -0.05) is 72.1 Å². The summed E-state index contributed by atoms with van der Waals surface area (Å²) in [5, 5.41) is 19.0. The summed E-state index contributed by atoms with van der Waals surface area (Å²) in [6.07, 6.45) is 0. The van der Waals surface area contributed by atoms with Crippen molar-refractivity contribution in [3.8, 4) is 22.9 Å². The number of para-hydroxylation sites is 2. The van der Waals surface area contributed by atoms with E-state index < -0.39 is 0 Å². The number of piperazine rings is 1. The second-order valence-electron chi connectivity index (χ2n) is 13.5. The van der Waals surface area contributed by atoms with Crippen LogP contribution in [0.5, 0.6) is 11.5 Å². The first-order chi connectivity index (χ1) is 27.2. The van der Waals surface area contributed by atoms with Gasteiger partial charge in [0, 0.05) is 37.6 Å². The van der Waals surface area contributed by atoms with Gasteiger partial charge in [0.15, 0.2) is 22.0 Å². The predicted molar refractivity (Wildman–Crippen MR) is 218 cm³/mol. The van der Waals surface area contributed by atoms with Crippen molar-refractivity contribution in [3.05, 3.63) is 131 Å². The standard InChI is InChI=1S/C42H44N8O4S2/c1-29-15-17-35(23-31(29)3)53-25-37-43-45-41(49(37)33-11-7-5-8-12-33)55-27-39(51)47-19-21-48(22-20-47)40(52)28-56-42-46-44-38(50(42)34-13-9-6-10-14-34)26-54-36-18-16-30(2)32(4)24-36/h5-18,23-24H,19-22,25-28H2,1-4H3. The molecule has 1 aliphatic heterocycles. The highest BCUT2D eigenvalue weighted by atomic mass is 32.2. The molecule has 56 heavy (non-hydrogen) atoms. The summed E-state index contributed by atoms with van der Waals surface area (Å²) in [6.45, 7) is 10.5. The van der Waals surface area contributed by atoms with Gasteiger partial charge in [0.25, 0.3) is 0 Å². The summed E-state index contributed by atoms with van der Waals surface area (Å²) in [4.78, 5) is 30.5. The van der Waals surface area contributed by atoms with Crippen molar-refractivity contribution in [2.24, 2.45) is 0 Å². The number of nitrogens with zero attached hydrogens (tertiary/aromatic N) is 8. The van der Waals surface area contributed by atoms with Crippen LogP contribution in [-0.2, 0) is 22.8 Å². The molecule has 0 aliphatic carbocycles. The average molecular weight is 789 g/mol. The minimum absolute atomic E-state index is 0.0153. The molecule has 288 valence electrons. The number of benzene rings is 4. The Labute approximate surface area is 335 Å². The van der Waals surface area contributed by atoms with E-state index in [-0.39, 0.29) is 36.5 Å². The van der Waals surface area contributed by atoms with Crippen LogP contribution in [0.1, 0.15) is 33.9 Å². The number of rotatable bonds is 14. The molecule has 0 saturated carbocycles. The summed E-state index contributed by atoms with van der Waals surface area (Å²) >= 11 is 2.69. The average Bonchev–Trinajstić information content (AvgIpc) is 3.84. The Kier molecular flexibility index (Phi) is 12.4. The van der Waals surface area contributed by atoms with Crippen LogP contribution in [0.15, 0.2) is 107 Å². The highest BCUT2D eigenvalue weighted by Crippen LogP contribution is 2.27. The largest absolute Gasteiger partial charge is 0.486 e. The molecule has 7 rings (SSSR count). The highest BCUT2D eigenvalue weighted by molar-refractivity contribution is 8.00. The number of carbonyl (C=O) groups is 2. The summed E-state index contributed by atoms with van der Waals surface area (Å²) in [7, 11) is 0. The fourth-order valence-electron chi connectivity index (χ4n) is 6.19. The molecule has 1 saturated heterocycles. The molecule has 0 atom stereocenters. The number of aryl methyl sites for hydroxylation is 4. The molecular weight excluding hydrogens is 745 g/mol. The van der Waals surface area contributed by atoms with Crippen molar-refractivity contribution < 1.29 is 19.1 Å². The molecule has 4 aromatic carbocycles. The monoisotopic (exact) mass is 788 g/mol. The number of hydrogen-bond acceptors (Lipinski definition) is 10. The molecule has 2 amide bonds. The van der Waals surface area contributed by atoms with Crippen LogP contribution in [0.3, 0.4) is 0 Å². The van der Waals surface area contributed by atoms with E-state index in [1.54, 1.807) is 0 Å².